The Morgan fingerprint density at radius 2 is 1.47 bits per heavy atom. The van der Waals surface area contributed by atoms with Crippen molar-refractivity contribution < 1.29 is 14.6 Å². The Morgan fingerprint density at radius 1 is 1.00 bits per heavy atom. The largest absolute Gasteiger partial charge is 0.390 e. The van der Waals surface area contributed by atoms with E-state index in [9.17, 15) is 5.11 Å². The number of hydrogen-bond donors (Lipinski definition) is 1. The van der Waals surface area contributed by atoms with E-state index in [0.717, 1.165) is 39.3 Å². The number of nitrogens with zero attached hydrogens (tertiary/aromatic N) is 1. The molecule has 0 aromatic heterocycles. The molecule has 0 aliphatic rings. The van der Waals surface area contributed by atoms with Crippen LogP contribution in [0.2, 0.25) is 0 Å². The summed E-state index contributed by atoms with van der Waals surface area (Å²) in [6, 6.07) is 0. The Bertz CT molecular complexity index is 137. The molecule has 0 bridgehead atoms. The molecule has 0 aliphatic heterocycles. The minimum absolute atomic E-state index is 0.599. The monoisotopic (exact) mass is 219 g/mol. The van der Waals surface area contributed by atoms with E-state index in [0.29, 0.717) is 0 Å². The van der Waals surface area contributed by atoms with Crippen LogP contribution in [-0.2, 0) is 9.47 Å². The molecular formula is C11H25NO3. The quantitative estimate of drug-likeness (QED) is 0.621. The molecule has 4 heteroatoms. The third kappa shape index (κ3) is 10.1. The first-order valence-electron chi connectivity index (χ1n) is 5.42. The highest BCUT2D eigenvalue weighted by molar-refractivity contribution is 4.68. The average Bonchev–Trinajstić information content (AvgIpc) is 2.15. The molecule has 0 saturated carbocycles. The second-order valence-electron chi connectivity index (χ2n) is 4.39. The summed E-state index contributed by atoms with van der Waals surface area (Å²) in [6.45, 7) is 7.74. The smallest absolute Gasteiger partial charge is 0.0603 e. The summed E-state index contributed by atoms with van der Waals surface area (Å²) in [5.41, 5.74) is -0.599. The molecule has 0 unspecified atom stereocenters. The van der Waals surface area contributed by atoms with Gasteiger partial charge in [-0.2, -0.15) is 0 Å². The van der Waals surface area contributed by atoms with Crippen molar-refractivity contribution >= 4 is 0 Å². The highest BCUT2D eigenvalue weighted by Crippen LogP contribution is 2.08. The molecule has 0 heterocycles. The topological polar surface area (TPSA) is 41.9 Å². The molecule has 0 atom stereocenters. The van der Waals surface area contributed by atoms with Gasteiger partial charge < -0.3 is 14.6 Å². The minimum atomic E-state index is -0.599. The van der Waals surface area contributed by atoms with Crippen molar-refractivity contribution in [2.24, 2.45) is 0 Å². The van der Waals surface area contributed by atoms with E-state index in [1.807, 2.05) is 13.8 Å². The third-order valence-electron chi connectivity index (χ3n) is 2.26. The van der Waals surface area contributed by atoms with Crippen LogP contribution in [0.5, 0.6) is 0 Å². The summed E-state index contributed by atoms with van der Waals surface area (Å²) in [7, 11) is 3.40. The minimum Gasteiger partial charge on any atom is -0.390 e. The summed E-state index contributed by atoms with van der Waals surface area (Å²) < 4.78 is 10.1. The lowest BCUT2D eigenvalue weighted by molar-refractivity contribution is 0.0472. The van der Waals surface area contributed by atoms with Gasteiger partial charge in [0.25, 0.3) is 0 Å². The van der Waals surface area contributed by atoms with Gasteiger partial charge in [-0.3, -0.25) is 4.90 Å². The number of ether oxygens (including phenoxy) is 2. The van der Waals surface area contributed by atoms with E-state index in [-0.39, 0.29) is 0 Å². The molecule has 0 rings (SSSR count). The van der Waals surface area contributed by atoms with Crippen molar-refractivity contribution in [2.45, 2.75) is 25.9 Å². The van der Waals surface area contributed by atoms with Crippen LogP contribution in [0.4, 0.5) is 0 Å². The van der Waals surface area contributed by atoms with Crippen molar-refractivity contribution in [1.29, 1.82) is 0 Å². The molecule has 92 valence electrons. The van der Waals surface area contributed by atoms with E-state index < -0.39 is 5.60 Å². The van der Waals surface area contributed by atoms with Crippen LogP contribution >= 0.6 is 0 Å². The van der Waals surface area contributed by atoms with Crippen LogP contribution in [0.1, 0.15) is 20.3 Å². The van der Waals surface area contributed by atoms with E-state index >= 15 is 0 Å². The molecule has 0 amide bonds. The standard InChI is InChI=1S/C11H25NO3/c1-11(2,13)5-6-12(7-9-14-3)8-10-15-4/h13H,5-10H2,1-4H3. The normalized spacial score (nSPS) is 12.4. The van der Waals surface area contributed by atoms with Gasteiger partial charge in [0, 0.05) is 33.9 Å². The van der Waals surface area contributed by atoms with E-state index in [1.54, 1.807) is 14.2 Å². The van der Waals surface area contributed by atoms with Crippen molar-refractivity contribution in [1.82, 2.24) is 4.90 Å². The summed E-state index contributed by atoms with van der Waals surface area (Å²) in [4.78, 5) is 2.24. The number of aliphatic hydroxyl groups is 1. The molecule has 0 radical (unpaired) electrons. The van der Waals surface area contributed by atoms with Gasteiger partial charge >= 0.3 is 0 Å². The maximum Gasteiger partial charge on any atom is 0.0603 e. The fourth-order valence-corrected chi connectivity index (χ4v) is 1.21. The SMILES string of the molecule is COCCN(CCOC)CCC(C)(C)O. The molecule has 0 fully saturated rings. The van der Waals surface area contributed by atoms with Gasteiger partial charge in [0.15, 0.2) is 0 Å². The summed E-state index contributed by atoms with van der Waals surface area (Å²) in [5.74, 6) is 0. The Kier molecular flexibility index (Phi) is 7.96. The molecule has 0 spiro atoms. The predicted molar refractivity (Wildman–Crippen MR) is 61.1 cm³/mol. The summed E-state index contributed by atoms with van der Waals surface area (Å²) in [6.07, 6.45) is 0.764. The van der Waals surface area contributed by atoms with Crippen LogP contribution in [0, 0.1) is 0 Å². The molecule has 15 heavy (non-hydrogen) atoms. The summed E-state index contributed by atoms with van der Waals surface area (Å²) in [5, 5.41) is 9.63. The van der Waals surface area contributed by atoms with E-state index in [4.69, 9.17) is 9.47 Å². The molecule has 4 nitrogen and oxygen atoms in total. The van der Waals surface area contributed by atoms with Crippen LogP contribution < -0.4 is 0 Å². The van der Waals surface area contributed by atoms with Crippen molar-refractivity contribution in [3.8, 4) is 0 Å². The van der Waals surface area contributed by atoms with Gasteiger partial charge in [-0.05, 0) is 20.3 Å². The van der Waals surface area contributed by atoms with E-state index in [2.05, 4.69) is 4.90 Å². The lowest BCUT2D eigenvalue weighted by atomic mass is 10.1. The predicted octanol–water partition coefficient (Wildman–Crippen LogP) is 0.742. The Balaban J connectivity index is 3.78. The number of methoxy groups -OCH3 is 2. The van der Waals surface area contributed by atoms with Gasteiger partial charge in [-0.25, -0.2) is 0 Å². The second-order valence-corrected chi connectivity index (χ2v) is 4.39. The van der Waals surface area contributed by atoms with Gasteiger partial charge in [0.2, 0.25) is 0 Å². The van der Waals surface area contributed by atoms with Crippen LogP contribution in [-0.4, -0.2) is 62.7 Å². The van der Waals surface area contributed by atoms with Crippen molar-refractivity contribution in [3.63, 3.8) is 0 Å². The maximum absolute atomic E-state index is 9.63. The average molecular weight is 219 g/mol. The van der Waals surface area contributed by atoms with Gasteiger partial charge in [-0.1, -0.05) is 0 Å². The fraction of sp³-hybridized carbons (Fsp3) is 1.00. The first-order valence-corrected chi connectivity index (χ1v) is 5.42. The highest BCUT2D eigenvalue weighted by Gasteiger charge is 2.14. The molecule has 1 N–H and O–H groups in total. The Hall–Kier alpha value is -0.160. The first-order chi connectivity index (χ1) is 6.99. The maximum atomic E-state index is 9.63. The van der Waals surface area contributed by atoms with Crippen LogP contribution in [0.15, 0.2) is 0 Å². The molecular weight excluding hydrogens is 194 g/mol. The van der Waals surface area contributed by atoms with Gasteiger partial charge in [-0.15, -0.1) is 0 Å². The Labute approximate surface area is 93.2 Å². The Morgan fingerprint density at radius 3 is 1.80 bits per heavy atom. The van der Waals surface area contributed by atoms with Crippen LogP contribution in [0.3, 0.4) is 0 Å². The summed E-state index contributed by atoms with van der Waals surface area (Å²) >= 11 is 0. The van der Waals surface area contributed by atoms with Crippen molar-refractivity contribution in [2.75, 3.05) is 47.1 Å². The number of hydrogen-bond acceptors (Lipinski definition) is 4. The second kappa shape index (κ2) is 8.05. The fourth-order valence-electron chi connectivity index (χ4n) is 1.21. The van der Waals surface area contributed by atoms with E-state index in [1.165, 1.54) is 0 Å². The zero-order valence-corrected chi connectivity index (χ0v) is 10.5. The lowest BCUT2D eigenvalue weighted by Crippen LogP contribution is -2.35. The third-order valence-corrected chi connectivity index (χ3v) is 2.26. The zero-order valence-electron chi connectivity index (χ0n) is 10.5. The molecule has 0 saturated heterocycles. The van der Waals surface area contributed by atoms with Crippen LogP contribution in [0.25, 0.3) is 0 Å². The number of rotatable bonds is 9. The highest BCUT2D eigenvalue weighted by atomic mass is 16.5. The first kappa shape index (κ1) is 14.8. The van der Waals surface area contributed by atoms with Crippen molar-refractivity contribution in [3.05, 3.63) is 0 Å². The molecule has 0 aliphatic carbocycles. The van der Waals surface area contributed by atoms with Gasteiger partial charge in [0.1, 0.15) is 0 Å². The molecule has 0 aromatic rings. The lowest BCUT2D eigenvalue weighted by Gasteiger charge is -2.25. The molecule has 0 aromatic carbocycles. The zero-order chi connectivity index (χ0) is 11.7. The van der Waals surface area contributed by atoms with Gasteiger partial charge in [0.05, 0.1) is 18.8 Å².